The van der Waals surface area contributed by atoms with Crippen molar-refractivity contribution in [2.75, 3.05) is 0 Å². The van der Waals surface area contributed by atoms with Gasteiger partial charge in [0.25, 0.3) is 5.69 Å². The van der Waals surface area contributed by atoms with Crippen molar-refractivity contribution in [1.29, 1.82) is 0 Å². The van der Waals surface area contributed by atoms with E-state index < -0.39 is 22.9 Å². The maximum Gasteiger partial charge on any atom is 0.355 e. The molecule has 12 heteroatoms. The maximum atomic E-state index is 13.2. The summed E-state index contributed by atoms with van der Waals surface area (Å²) in [5.74, 6) is -1.65. The van der Waals surface area contributed by atoms with E-state index in [2.05, 4.69) is 4.98 Å². The highest BCUT2D eigenvalue weighted by atomic mass is 32.1. The van der Waals surface area contributed by atoms with Crippen molar-refractivity contribution >= 4 is 39.3 Å². The minimum absolute atomic E-state index is 0.0712. The summed E-state index contributed by atoms with van der Waals surface area (Å²) in [7, 11) is 0. The summed E-state index contributed by atoms with van der Waals surface area (Å²) >= 11 is 1.36. The van der Waals surface area contributed by atoms with Gasteiger partial charge in [-0.05, 0) is 31.0 Å². The van der Waals surface area contributed by atoms with Crippen molar-refractivity contribution in [1.82, 2.24) is 14.3 Å². The third-order valence-corrected chi connectivity index (χ3v) is 7.23. The van der Waals surface area contributed by atoms with Crippen molar-refractivity contribution < 1.29 is 29.5 Å². The van der Waals surface area contributed by atoms with E-state index in [4.69, 9.17) is 4.74 Å². The fourth-order valence-electron chi connectivity index (χ4n) is 4.58. The van der Waals surface area contributed by atoms with Crippen LogP contribution in [-0.4, -0.2) is 53.4 Å². The van der Waals surface area contributed by atoms with Crippen LogP contribution in [0.5, 0.6) is 0 Å². The van der Waals surface area contributed by atoms with Crippen LogP contribution < -0.4 is 0 Å². The molecule has 3 aromatic rings. The molecule has 1 fully saturated rings. The average Bonchev–Trinajstić information content (AvgIpc) is 3.49. The number of amides is 1. The highest BCUT2D eigenvalue weighted by Gasteiger charge is 2.57. The fourth-order valence-corrected chi connectivity index (χ4v) is 5.57. The van der Waals surface area contributed by atoms with Crippen LogP contribution in [-0.2, 0) is 27.5 Å². The Morgan fingerprint density at radius 3 is 2.76 bits per heavy atom. The molecule has 11 nitrogen and oxygen atoms in total. The number of esters is 1. The lowest BCUT2D eigenvalue weighted by Gasteiger charge is -2.44. The van der Waals surface area contributed by atoms with E-state index in [0.717, 1.165) is 4.83 Å². The first kappa shape index (κ1) is 22.2. The number of nitrogens with zero attached hydrogens (tertiary/aromatic N) is 4. The molecule has 0 unspecified atom stereocenters. The lowest BCUT2D eigenvalue weighted by molar-refractivity contribution is -0.384. The second-order valence-corrected chi connectivity index (χ2v) is 9.08. The number of fused-ring (bicyclic) bond motifs is 2. The number of benzene rings is 1. The number of hydrogen-bond donors (Lipinski definition) is 2. The number of ether oxygens (including phenoxy) is 1. The van der Waals surface area contributed by atoms with Gasteiger partial charge in [-0.25, -0.2) is 9.78 Å². The Hall–Kier alpha value is -3.61. The summed E-state index contributed by atoms with van der Waals surface area (Å²) in [5.41, 5.74) is 2.39. The highest BCUT2D eigenvalue weighted by molar-refractivity contribution is 7.15. The van der Waals surface area contributed by atoms with E-state index in [1.165, 1.54) is 40.5 Å². The second-order valence-electron chi connectivity index (χ2n) is 8.22. The van der Waals surface area contributed by atoms with Gasteiger partial charge in [0.05, 0.1) is 35.3 Å². The molecule has 3 atom stereocenters. The van der Waals surface area contributed by atoms with Crippen molar-refractivity contribution in [3.8, 4) is 0 Å². The number of nitro benzene ring substituents is 1. The van der Waals surface area contributed by atoms with Gasteiger partial charge in [-0.2, -0.15) is 0 Å². The Morgan fingerprint density at radius 1 is 1.38 bits per heavy atom. The van der Waals surface area contributed by atoms with E-state index >= 15 is 0 Å². The second kappa shape index (κ2) is 8.31. The standard InChI is InChI=1S/C22H20N4O7S/c1-11(28)18-16-6-14(17-9-34-21-15(7-27)23-10-24(17)21)19(25(16)20(18)29)22(30)33-8-12-2-4-13(5-3-12)26(31)32/h2-5,9-11,16,18,27-28H,6-8H2,1H3/t11-,16-,18-/m1/s1. The van der Waals surface area contributed by atoms with Crippen LogP contribution in [0, 0.1) is 16.0 Å². The molecular weight excluding hydrogens is 464 g/mol. The summed E-state index contributed by atoms with van der Waals surface area (Å²) in [4.78, 5) is 42.7. The SMILES string of the molecule is C[C@@H](O)[C@H]1C(=O)N2C(C(=O)OCc3ccc([N+](=O)[O-])cc3)=C(c3csc4c(CO)ncn34)C[C@H]12. The van der Waals surface area contributed by atoms with Gasteiger partial charge in [-0.15, -0.1) is 11.3 Å². The molecule has 2 N–H and O–H groups in total. The lowest BCUT2D eigenvalue weighted by Crippen LogP contribution is -2.61. The van der Waals surface area contributed by atoms with E-state index in [1.54, 1.807) is 17.7 Å². The predicted octanol–water partition coefficient (Wildman–Crippen LogP) is 1.86. The predicted molar refractivity (Wildman–Crippen MR) is 119 cm³/mol. The van der Waals surface area contributed by atoms with Crippen LogP contribution in [0.3, 0.4) is 0 Å². The Labute approximate surface area is 196 Å². The lowest BCUT2D eigenvalue weighted by atomic mass is 9.83. The molecule has 176 valence electrons. The summed E-state index contributed by atoms with van der Waals surface area (Å²) in [5, 5.41) is 32.3. The Kier molecular flexibility index (Phi) is 5.42. The first-order valence-electron chi connectivity index (χ1n) is 10.5. The number of imidazole rings is 1. The number of nitro groups is 1. The Morgan fingerprint density at radius 2 is 2.12 bits per heavy atom. The molecule has 2 aliphatic rings. The number of thiazole rings is 1. The van der Waals surface area contributed by atoms with Gasteiger partial charge in [-0.3, -0.25) is 19.3 Å². The number of non-ortho nitro benzene ring substituents is 1. The summed E-state index contributed by atoms with van der Waals surface area (Å²) in [6, 6.07) is 5.29. The number of aliphatic hydroxyl groups is 2. The van der Waals surface area contributed by atoms with E-state index in [1.807, 2.05) is 5.38 Å². The minimum atomic E-state index is -0.859. The topological polar surface area (TPSA) is 148 Å². The zero-order valence-electron chi connectivity index (χ0n) is 18.0. The molecule has 2 aromatic heterocycles. The average molecular weight is 484 g/mol. The molecule has 1 saturated heterocycles. The van der Waals surface area contributed by atoms with Crippen LogP contribution in [0.1, 0.15) is 30.3 Å². The van der Waals surface area contributed by atoms with Crippen LogP contribution in [0.25, 0.3) is 10.4 Å². The normalized spacial score (nSPS) is 20.4. The largest absolute Gasteiger partial charge is 0.456 e. The van der Waals surface area contributed by atoms with E-state index in [9.17, 15) is 29.9 Å². The van der Waals surface area contributed by atoms with Crippen LogP contribution in [0.2, 0.25) is 0 Å². The Bertz CT molecular complexity index is 1340. The third kappa shape index (κ3) is 3.38. The van der Waals surface area contributed by atoms with Gasteiger partial charge in [0, 0.05) is 23.1 Å². The van der Waals surface area contributed by atoms with Crippen molar-refractivity contribution in [3.63, 3.8) is 0 Å². The zero-order valence-corrected chi connectivity index (χ0v) is 18.8. The molecule has 1 aromatic carbocycles. The van der Waals surface area contributed by atoms with Gasteiger partial charge in [-0.1, -0.05) is 0 Å². The molecular formula is C22H20N4O7S. The fraction of sp³-hybridized carbons (Fsp3) is 0.318. The molecule has 34 heavy (non-hydrogen) atoms. The van der Waals surface area contributed by atoms with Crippen LogP contribution in [0.15, 0.2) is 41.7 Å². The van der Waals surface area contributed by atoms with E-state index in [-0.39, 0.29) is 36.5 Å². The number of hydrogen-bond acceptors (Lipinski definition) is 9. The number of carbonyl (C=O) groups excluding carboxylic acids is 2. The van der Waals surface area contributed by atoms with Gasteiger partial charge < -0.3 is 19.8 Å². The number of aromatic nitrogens is 2. The molecule has 0 radical (unpaired) electrons. The minimum Gasteiger partial charge on any atom is -0.456 e. The highest BCUT2D eigenvalue weighted by Crippen LogP contribution is 2.48. The molecule has 5 rings (SSSR count). The smallest absolute Gasteiger partial charge is 0.355 e. The molecule has 0 bridgehead atoms. The van der Waals surface area contributed by atoms with E-state index in [0.29, 0.717) is 28.9 Å². The summed E-state index contributed by atoms with van der Waals surface area (Å²) in [6.07, 6.45) is 1.06. The first-order chi connectivity index (χ1) is 16.3. The molecule has 2 aliphatic heterocycles. The molecule has 0 saturated carbocycles. The summed E-state index contributed by atoms with van der Waals surface area (Å²) in [6.45, 7) is 1.20. The summed E-state index contributed by atoms with van der Waals surface area (Å²) < 4.78 is 7.26. The quantitative estimate of drug-likeness (QED) is 0.224. The van der Waals surface area contributed by atoms with Crippen molar-refractivity contribution in [3.05, 3.63) is 68.7 Å². The number of β-lactam (4-membered cyclic amide) rings is 1. The van der Waals surface area contributed by atoms with Crippen molar-refractivity contribution in [2.24, 2.45) is 5.92 Å². The number of aliphatic hydroxyl groups excluding tert-OH is 2. The van der Waals surface area contributed by atoms with Gasteiger partial charge in [0.1, 0.15) is 29.2 Å². The van der Waals surface area contributed by atoms with Gasteiger partial charge >= 0.3 is 5.97 Å². The number of rotatable bonds is 7. The van der Waals surface area contributed by atoms with Gasteiger partial charge in [0.15, 0.2) is 0 Å². The van der Waals surface area contributed by atoms with Gasteiger partial charge in [0.2, 0.25) is 5.91 Å². The first-order valence-corrected chi connectivity index (χ1v) is 11.4. The number of carbonyl (C=O) groups is 2. The third-order valence-electron chi connectivity index (χ3n) is 6.23. The van der Waals surface area contributed by atoms with Crippen LogP contribution >= 0.6 is 11.3 Å². The monoisotopic (exact) mass is 484 g/mol. The zero-order chi connectivity index (χ0) is 24.1. The van der Waals surface area contributed by atoms with Crippen molar-refractivity contribution in [2.45, 2.75) is 38.7 Å². The molecule has 4 heterocycles. The molecule has 0 aliphatic carbocycles. The Balaban J connectivity index is 1.47. The molecule has 0 spiro atoms. The maximum absolute atomic E-state index is 13.2. The molecule has 1 amide bonds. The van der Waals surface area contributed by atoms with Crippen LogP contribution in [0.4, 0.5) is 5.69 Å².